The summed E-state index contributed by atoms with van der Waals surface area (Å²) in [5.74, 6) is 1.01. The first-order valence-electron chi connectivity index (χ1n) is 6.65. The molecule has 4 nitrogen and oxygen atoms in total. The monoisotopic (exact) mass is 284 g/mol. The van der Waals surface area contributed by atoms with Crippen LogP contribution in [0.5, 0.6) is 0 Å². The lowest BCUT2D eigenvalue weighted by molar-refractivity contribution is -0.137. The van der Waals surface area contributed by atoms with Crippen LogP contribution in [0.3, 0.4) is 0 Å². The van der Waals surface area contributed by atoms with Crippen LogP contribution in [0.25, 0.3) is 5.65 Å². The normalized spacial score (nSPS) is 20.4. The minimum Gasteiger partial charge on any atom is -0.316 e. The fraction of sp³-hybridized carbons (Fsp3) is 0.538. The van der Waals surface area contributed by atoms with Crippen molar-refractivity contribution in [2.75, 3.05) is 13.1 Å². The van der Waals surface area contributed by atoms with Gasteiger partial charge >= 0.3 is 6.18 Å². The van der Waals surface area contributed by atoms with Gasteiger partial charge in [0.25, 0.3) is 0 Å². The number of alkyl halides is 3. The zero-order valence-corrected chi connectivity index (χ0v) is 10.8. The van der Waals surface area contributed by atoms with E-state index >= 15 is 0 Å². The molecule has 1 unspecified atom stereocenters. The number of fused-ring (bicyclic) bond motifs is 1. The molecule has 1 N–H and O–H groups in total. The molecule has 1 aliphatic rings. The number of rotatable bonds is 2. The summed E-state index contributed by atoms with van der Waals surface area (Å²) in [7, 11) is 0. The van der Waals surface area contributed by atoms with Gasteiger partial charge in [-0.15, -0.1) is 10.2 Å². The zero-order valence-electron chi connectivity index (χ0n) is 10.8. The SMILES string of the molecule is FC(F)(F)c1ccc2nnc(CC3CCCNC3)n2c1. The van der Waals surface area contributed by atoms with Crippen molar-refractivity contribution in [1.29, 1.82) is 0 Å². The Hall–Kier alpha value is -1.63. The van der Waals surface area contributed by atoms with Crippen LogP contribution in [0, 0.1) is 5.92 Å². The number of aromatic nitrogens is 3. The number of hydrogen-bond acceptors (Lipinski definition) is 3. The Morgan fingerprint density at radius 3 is 2.85 bits per heavy atom. The lowest BCUT2D eigenvalue weighted by atomic mass is 9.96. The third-order valence-electron chi connectivity index (χ3n) is 3.67. The molecule has 1 fully saturated rings. The van der Waals surface area contributed by atoms with Crippen LogP contribution >= 0.6 is 0 Å². The third kappa shape index (κ3) is 2.63. The largest absolute Gasteiger partial charge is 0.417 e. The smallest absolute Gasteiger partial charge is 0.316 e. The molecule has 20 heavy (non-hydrogen) atoms. The van der Waals surface area contributed by atoms with E-state index in [2.05, 4.69) is 15.5 Å². The van der Waals surface area contributed by atoms with E-state index in [-0.39, 0.29) is 0 Å². The van der Waals surface area contributed by atoms with Gasteiger partial charge in [-0.2, -0.15) is 13.2 Å². The van der Waals surface area contributed by atoms with Crippen LogP contribution in [0.1, 0.15) is 24.2 Å². The molecular weight excluding hydrogens is 269 g/mol. The molecule has 3 rings (SSSR count). The molecule has 0 aliphatic carbocycles. The van der Waals surface area contributed by atoms with Gasteiger partial charge in [-0.3, -0.25) is 4.40 Å². The first kappa shape index (κ1) is 13.4. The van der Waals surface area contributed by atoms with Crippen LogP contribution in [0.2, 0.25) is 0 Å². The number of halogens is 3. The van der Waals surface area contributed by atoms with Crippen LogP contribution in [-0.2, 0) is 12.6 Å². The molecule has 108 valence electrons. The van der Waals surface area contributed by atoms with Gasteiger partial charge in [-0.25, -0.2) is 0 Å². The van der Waals surface area contributed by atoms with E-state index in [0.29, 0.717) is 23.8 Å². The standard InChI is InChI=1S/C13H15F3N4/c14-13(15,16)10-3-4-11-18-19-12(20(11)8-10)6-9-2-1-5-17-7-9/h3-4,8-9,17H,1-2,5-7H2. The molecule has 0 amide bonds. The van der Waals surface area contributed by atoms with E-state index in [9.17, 15) is 13.2 Å². The summed E-state index contributed by atoms with van der Waals surface area (Å²) in [6.07, 6.45) is -0.450. The topological polar surface area (TPSA) is 42.2 Å². The summed E-state index contributed by atoms with van der Waals surface area (Å²) in [6, 6.07) is 2.40. The highest BCUT2D eigenvalue weighted by molar-refractivity contribution is 5.40. The quantitative estimate of drug-likeness (QED) is 0.920. The molecule has 1 aliphatic heterocycles. The molecule has 1 saturated heterocycles. The van der Waals surface area contributed by atoms with Crippen molar-refractivity contribution in [3.8, 4) is 0 Å². The molecule has 3 heterocycles. The van der Waals surface area contributed by atoms with E-state index in [1.807, 2.05) is 0 Å². The van der Waals surface area contributed by atoms with Gasteiger partial charge in [0.15, 0.2) is 5.65 Å². The molecule has 0 radical (unpaired) electrons. The highest BCUT2D eigenvalue weighted by Crippen LogP contribution is 2.29. The summed E-state index contributed by atoms with van der Waals surface area (Å²) in [5.41, 5.74) is -0.218. The highest BCUT2D eigenvalue weighted by Gasteiger charge is 2.31. The predicted molar refractivity (Wildman–Crippen MR) is 67.3 cm³/mol. The average molecular weight is 284 g/mol. The Labute approximate surface area is 114 Å². The van der Waals surface area contributed by atoms with Crippen molar-refractivity contribution in [3.05, 3.63) is 29.7 Å². The van der Waals surface area contributed by atoms with Crippen molar-refractivity contribution in [1.82, 2.24) is 19.9 Å². The lowest BCUT2D eigenvalue weighted by Crippen LogP contribution is -2.31. The molecular formula is C13H15F3N4. The molecule has 2 aromatic rings. The zero-order chi connectivity index (χ0) is 14.2. The molecule has 2 aromatic heterocycles. The maximum absolute atomic E-state index is 12.7. The van der Waals surface area contributed by atoms with Crippen molar-refractivity contribution >= 4 is 5.65 Å². The Kier molecular flexibility index (Phi) is 3.37. The van der Waals surface area contributed by atoms with Crippen LogP contribution in [0.15, 0.2) is 18.3 Å². The molecule has 7 heteroatoms. The van der Waals surface area contributed by atoms with Gasteiger partial charge in [0, 0.05) is 12.6 Å². The van der Waals surface area contributed by atoms with Gasteiger partial charge in [0.05, 0.1) is 5.56 Å². The second-order valence-electron chi connectivity index (χ2n) is 5.18. The minimum atomic E-state index is -4.35. The number of nitrogens with one attached hydrogen (secondary N) is 1. The molecule has 0 saturated carbocycles. The van der Waals surface area contributed by atoms with Crippen LogP contribution < -0.4 is 5.32 Å². The number of nitrogens with zero attached hydrogens (tertiary/aromatic N) is 3. The maximum atomic E-state index is 12.7. The Morgan fingerprint density at radius 2 is 2.15 bits per heavy atom. The van der Waals surface area contributed by atoms with E-state index in [4.69, 9.17) is 0 Å². The Morgan fingerprint density at radius 1 is 1.30 bits per heavy atom. The van der Waals surface area contributed by atoms with Crippen molar-refractivity contribution in [3.63, 3.8) is 0 Å². The molecule has 1 atom stereocenters. The van der Waals surface area contributed by atoms with E-state index in [1.54, 1.807) is 0 Å². The summed E-state index contributed by atoms with van der Waals surface area (Å²) in [4.78, 5) is 0. The fourth-order valence-corrected chi connectivity index (χ4v) is 2.60. The predicted octanol–water partition coefficient (Wildman–Crippen LogP) is 2.29. The summed E-state index contributed by atoms with van der Waals surface area (Å²) in [6.45, 7) is 1.89. The molecule has 0 bridgehead atoms. The van der Waals surface area contributed by atoms with Crippen molar-refractivity contribution < 1.29 is 13.2 Å². The average Bonchev–Trinajstić information content (AvgIpc) is 2.82. The van der Waals surface area contributed by atoms with Gasteiger partial charge < -0.3 is 5.32 Å². The van der Waals surface area contributed by atoms with Crippen LogP contribution in [-0.4, -0.2) is 27.7 Å². The maximum Gasteiger partial charge on any atom is 0.417 e. The molecule has 0 spiro atoms. The van der Waals surface area contributed by atoms with Gasteiger partial charge in [0.1, 0.15) is 5.82 Å². The third-order valence-corrected chi connectivity index (χ3v) is 3.67. The fourth-order valence-electron chi connectivity index (χ4n) is 2.60. The van der Waals surface area contributed by atoms with Crippen molar-refractivity contribution in [2.24, 2.45) is 5.92 Å². The molecule has 0 aromatic carbocycles. The van der Waals surface area contributed by atoms with Crippen molar-refractivity contribution in [2.45, 2.75) is 25.4 Å². The van der Waals surface area contributed by atoms with Gasteiger partial charge in [-0.05, 0) is 44.0 Å². The number of pyridine rings is 1. The van der Waals surface area contributed by atoms with E-state index in [0.717, 1.165) is 38.2 Å². The summed E-state index contributed by atoms with van der Waals surface area (Å²) < 4.78 is 39.7. The first-order valence-corrected chi connectivity index (χ1v) is 6.65. The second-order valence-corrected chi connectivity index (χ2v) is 5.18. The lowest BCUT2D eigenvalue weighted by Gasteiger charge is -2.21. The summed E-state index contributed by atoms with van der Waals surface area (Å²) in [5, 5.41) is 11.3. The number of hydrogen-bond donors (Lipinski definition) is 1. The number of piperidine rings is 1. The highest BCUT2D eigenvalue weighted by atomic mass is 19.4. The van der Waals surface area contributed by atoms with E-state index in [1.165, 1.54) is 10.5 Å². The van der Waals surface area contributed by atoms with Gasteiger partial charge in [0.2, 0.25) is 0 Å². The second kappa shape index (κ2) is 5.05. The Balaban J connectivity index is 1.90. The van der Waals surface area contributed by atoms with E-state index < -0.39 is 11.7 Å². The first-order chi connectivity index (χ1) is 9.54. The van der Waals surface area contributed by atoms with Crippen LogP contribution in [0.4, 0.5) is 13.2 Å². The van der Waals surface area contributed by atoms with Gasteiger partial charge in [-0.1, -0.05) is 0 Å². The Bertz CT molecular complexity index is 599. The summed E-state index contributed by atoms with van der Waals surface area (Å²) >= 11 is 0. The minimum absolute atomic E-state index is 0.408.